The van der Waals surface area contributed by atoms with Crippen molar-refractivity contribution in [1.29, 1.82) is 0 Å². The molecule has 2 rings (SSSR count). The van der Waals surface area contributed by atoms with Crippen molar-refractivity contribution in [2.45, 2.75) is 6.10 Å². The summed E-state index contributed by atoms with van der Waals surface area (Å²) >= 11 is 0. The van der Waals surface area contributed by atoms with Crippen LogP contribution in [0.3, 0.4) is 0 Å². The quantitative estimate of drug-likeness (QED) is 0.601. The van der Waals surface area contributed by atoms with Crippen LogP contribution in [0.15, 0.2) is 24.3 Å². The van der Waals surface area contributed by atoms with Crippen molar-refractivity contribution in [3.8, 4) is 5.75 Å². The van der Waals surface area contributed by atoms with Gasteiger partial charge in [0.05, 0.1) is 15.1 Å². The van der Waals surface area contributed by atoms with Gasteiger partial charge in [0.15, 0.2) is 0 Å². The molecule has 11 heavy (non-hydrogen) atoms. The minimum absolute atomic E-state index is 0.0177. The van der Waals surface area contributed by atoms with Crippen LogP contribution in [0.2, 0.25) is 0 Å². The Morgan fingerprint density at radius 2 is 2.18 bits per heavy atom. The molecule has 0 unspecified atom stereocenters. The van der Waals surface area contributed by atoms with E-state index in [1.807, 2.05) is 24.3 Å². The van der Waals surface area contributed by atoms with Gasteiger partial charge in [-0.2, -0.15) is 0 Å². The van der Waals surface area contributed by atoms with E-state index in [4.69, 9.17) is 10.8 Å². The number of methoxy groups -OCH3 is 1. The van der Waals surface area contributed by atoms with Crippen LogP contribution in [0.5, 0.6) is 5.75 Å². The zero-order valence-corrected chi connectivity index (χ0v) is 6.28. The summed E-state index contributed by atoms with van der Waals surface area (Å²) in [5.41, 5.74) is 1.05. The van der Waals surface area contributed by atoms with E-state index in [0.717, 1.165) is 11.3 Å². The Balaban J connectivity index is 2.14. The Morgan fingerprint density at radius 1 is 1.55 bits per heavy atom. The molecule has 1 aromatic rings. The van der Waals surface area contributed by atoms with E-state index >= 15 is 0 Å². The molecule has 58 valence electrons. The van der Waals surface area contributed by atoms with Crippen LogP contribution >= 0.6 is 0 Å². The van der Waals surface area contributed by atoms with Gasteiger partial charge in [-0.3, -0.25) is 0 Å². The third-order valence-corrected chi connectivity index (χ3v) is 1.72. The van der Waals surface area contributed by atoms with Gasteiger partial charge in [-0.25, -0.2) is 0 Å². The molecule has 1 heterocycles. The minimum Gasteiger partial charge on any atom is -0.497 e. The molecule has 1 saturated heterocycles. The molecule has 0 radical (unpaired) electrons. The fourth-order valence-corrected chi connectivity index (χ4v) is 0.990. The van der Waals surface area contributed by atoms with Crippen LogP contribution in [0.4, 0.5) is 0 Å². The first kappa shape index (κ1) is 5.61. The molecule has 0 aliphatic carbocycles. The van der Waals surface area contributed by atoms with Gasteiger partial charge < -0.3 is 9.47 Å². The van der Waals surface area contributed by atoms with E-state index in [2.05, 4.69) is 0 Å². The molecule has 0 spiro atoms. The fraction of sp³-hybridized carbons (Fsp3) is 0.333. The first-order valence-electron chi connectivity index (χ1n) is 4.10. The number of epoxide rings is 1. The summed E-state index contributed by atoms with van der Waals surface area (Å²) in [6.07, 6.45) is -0.0177. The van der Waals surface area contributed by atoms with Crippen LogP contribution in [0.25, 0.3) is 0 Å². The third-order valence-electron chi connectivity index (χ3n) is 1.72. The highest BCUT2D eigenvalue weighted by Gasteiger charge is 2.24. The first-order chi connectivity index (χ1) is 5.81. The van der Waals surface area contributed by atoms with Gasteiger partial charge >= 0.3 is 0 Å². The third kappa shape index (κ3) is 1.35. The van der Waals surface area contributed by atoms with Crippen molar-refractivity contribution < 1.29 is 10.8 Å². The molecule has 0 saturated carbocycles. The molecule has 1 aliphatic heterocycles. The van der Waals surface area contributed by atoms with Crippen LogP contribution in [-0.2, 0) is 4.74 Å². The second-order valence-corrected chi connectivity index (χ2v) is 2.47. The molecule has 2 nitrogen and oxygen atoms in total. The molecule has 2 atom stereocenters. The van der Waals surface area contributed by atoms with Gasteiger partial charge in [-0.1, -0.05) is 12.1 Å². The maximum Gasteiger partial charge on any atom is 0.118 e. The van der Waals surface area contributed by atoms with E-state index in [1.54, 1.807) is 7.11 Å². The molecule has 0 bridgehead atoms. The molecule has 2 heteroatoms. The van der Waals surface area contributed by atoms with Crippen LogP contribution < -0.4 is 4.74 Å². The molecule has 0 aromatic heterocycles. The highest BCUT2D eigenvalue weighted by atomic mass is 16.6. The van der Waals surface area contributed by atoms with E-state index in [1.165, 1.54) is 0 Å². The molecular formula is C9H10O2. The van der Waals surface area contributed by atoms with Gasteiger partial charge in [-0.15, -0.1) is 0 Å². The minimum atomic E-state index is -0.363. The van der Waals surface area contributed by atoms with Crippen molar-refractivity contribution >= 4 is 0 Å². The lowest BCUT2D eigenvalue weighted by Gasteiger charge is -1.99. The van der Waals surface area contributed by atoms with Crippen molar-refractivity contribution in [2.24, 2.45) is 0 Å². The highest BCUT2D eigenvalue weighted by molar-refractivity contribution is 5.29. The monoisotopic (exact) mass is 151 g/mol. The topological polar surface area (TPSA) is 21.8 Å². The number of hydrogen-bond acceptors (Lipinski definition) is 2. The Kier molecular flexibility index (Phi) is 1.30. The molecule has 1 aromatic carbocycles. The molecule has 1 aliphatic rings. The van der Waals surface area contributed by atoms with Gasteiger partial charge in [0.2, 0.25) is 0 Å². The van der Waals surface area contributed by atoms with Gasteiger partial charge in [-0.05, 0) is 17.7 Å². The standard InChI is InChI=1S/C9H10O2/c1-10-8-4-2-7(3-5-8)9-6-11-9/h2-5,9H,6H2,1H3/t9-/m1/s1/i6D/t6-,9+/m0. The molecule has 0 amide bonds. The molecular weight excluding hydrogens is 140 g/mol. The lowest BCUT2D eigenvalue weighted by molar-refractivity contribution is 0.409. The van der Waals surface area contributed by atoms with Gasteiger partial charge in [0, 0.05) is 0 Å². The highest BCUT2D eigenvalue weighted by Crippen LogP contribution is 2.30. The van der Waals surface area contributed by atoms with E-state index in [-0.39, 0.29) is 12.7 Å². The van der Waals surface area contributed by atoms with Crippen molar-refractivity contribution in [2.75, 3.05) is 13.7 Å². The van der Waals surface area contributed by atoms with Gasteiger partial charge in [0.25, 0.3) is 0 Å². The summed E-state index contributed by atoms with van der Waals surface area (Å²) < 4.78 is 17.2. The Bertz CT molecular complexity index is 270. The van der Waals surface area contributed by atoms with E-state index in [9.17, 15) is 0 Å². The summed E-state index contributed by atoms with van der Waals surface area (Å²) in [6.45, 7) is -0.363. The van der Waals surface area contributed by atoms with E-state index in [0.29, 0.717) is 0 Å². The fourth-order valence-electron chi connectivity index (χ4n) is 0.990. The van der Waals surface area contributed by atoms with Crippen molar-refractivity contribution in [3.05, 3.63) is 29.8 Å². The van der Waals surface area contributed by atoms with Crippen LogP contribution in [-0.4, -0.2) is 13.7 Å². The largest absolute Gasteiger partial charge is 0.497 e. The second-order valence-electron chi connectivity index (χ2n) is 2.47. The first-order valence-corrected chi connectivity index (χ1v) is 3.53. The maximum atomic E-state index is 7.23. The Hall–Kier alpha value is -1.02. The van der Waals surface area contributed by atoms with Crippen molar-refractivity contribution in [1.82, 2.24) is 0 Å². The number of hydrogen-bond donors (Lipinski definition) is 0. The van der Waals surface area contributed by atoms with Crippen LogP contribution in [0, 0.1) is 0 Å². The average Bonchev–Trinajstić information content (AvgIpc) is 2.83. The summed E-state index contributed by atoms with van der Waals surface area (Å²) in [7, 11) is 1.63. The number of benzene rings is 1. The molecule has 0 N–H and O–H groups in total. The average molecular weight is 151 g/mol. The second kappa shape index (κ2) is 2.55. The normalized spacial score (nSPS) is 29.4. The smallest absolute Gasteiger partial charge is 0.118 e. The van der Waals surface area contributed by atoms with Crippen molar-refractivity contribution in [3.63, 3.8) is 0 Å². The van der Waals surface area contributed by atoms with E-state index < -0.39 is 0 Å². The van der Waals surface area contributed by atoms with Gasteiger partial charge in [0.1, 0.15) is 11.9 Å². The summed E-state index contributed by atoms with van der Waals surface area (Å²) in [5, 5.41) is 0. The zero-order valence-electron chi connectivity index (χ0n) is 7.28. The number of ether oxygens (including phenoxy) is 2. The zero-order chi connectivity index (χ0) is 8.55. The predicted octanol–water partition coefficient (Wildman–Crippen LogP) is 1.77. The lowest BCUT2D eigenvalue weighted by Crippen LogP contribution is -1.83. The summed E-state index contributed by atoms with van der Waals surface area (Å²) in [5.74, 6) is 0.834. The maximum absolute atomic E-state index is 7.23. The SMILES string of the molecule is [2H][C@@H]1O[C@H]1c1ccc(OC)cc1. The summed E-state index contributed by atoms with van der Waals surface area (Å²) in [6, 6.07) is 7.61. The Morgan fingerprint density at radius 3 is 2.64 bits per heavy atom. The summed E-state index contributed by atoms with van der Waals surface area (Å²) in [4.78, 5) is 0. The molecule has 1 fully saturated rings. The number of rotatable bonds is 2. The van der Waals surface area contributed by atoms with Crippen LogP contribution in [0.1, 0.15) is 13.0 Å². The Labute approximate surface area is 67.2 Å². The predicted molar refractivity (Wildman–Crippen MR) is 41.7 cm³/mol. The lowest BCUT2D eigenvalue weighted by atomic mass is 10.2.